The van der Waals surface area contributed by atoms with E-state index in [2.05, 4.69) is 28.8 Å². The number of hydrogen-bond donors (Lipinski definition) is 0. The first kappa shape index (κ1) is 19.2. The fraction of sp³-hybridized carbons (Fsp3) is 0.333. The van der Waals surface area contributed by atoms with E-state index in [0.29, 0.717) is 6.04 Å². The molecule has 0 saturated carbocycles. The highest BCUT2D eigenvalue weighted by atomic mass is 32.1. The molecule has 2 aromatic heterocycles. The normalized spacial score (nSPS) is 11.8. The molecule has 2 heterocycles. The van der Waals surface area contributed by atoms with Crippen LogP contribution in [0.2, 0.25) is 0 Å². The molecule has 0 aliphatic heterocycles. The van der Waals surface area contributed by atoms with Gasteiger partial charge in [-0.05, 0) is 43.2 Å². The molecule has 0 aliphatic carbocycles. The molecular formula is C21H25N3O2S. The molecule has 0 bridgehead atoms. The molecule has 1 aromatic carbocycles. The Kier molecular flexibility index (Phi) is 6.29. The molecule has 0 aliphatic rings. The molecule has 0 amide bonds. The van der Waals surface area contributed by atoms with Gasteiger partial charge in [0, 0.05) is 23.2 Å². The highest BCUT2D eigenvalue weighted by Crippen LogP contribution is 2.35. The Balaban J connectivity index is 2.24. The van der Waals surface area contributed by atoms with E-state index in [0.717, 1.165) is 46.1 Å². The van der Waals surface area contributed by atoms with Crippen molar-refractivity contribution < 1.29 is 9.47 Å². The summed E-state index contributed by atoms with van der Waals surface area (Å²) in [6.07, 6.45) is 5.58. The van der Waals surface area contributed by atoms with Crippen molar-refractivity contribution in [2.45, 2.75) is 32.7 Å². The third-order valence-corrected chi connectivity index (χ3v) is 5.44. The summed E-state index contributed by atoms with van der Waals surface area (Å²) < 4.78 is 13.4. The summed E-state index contributed by atoms with van der Waals surface area (Å²) in [5.74, 6) is 1.63. The van der Waals surface area contributed by atoms with Gasteiger partial charge >= 0.3 is 0 Å². The standard InChI is InChI=1S/C21H25N3O2S/c1-5-16(6-2)24-19(18-12-17(25-3)9-10-20(18)26-4)14-27-21(24)23-15-8-7-11-22-13-15/h7-14,16H,5-6H2,1-4H3. The predicted octanol–water partition coefficient (Wildman–Crippen LogP) is 5.22. The summed E-state index contributed by atoms with van der Waals surface area (Å²) in [4.78, 5) is 9.98. The summed E-state index contributed by atoms with van der Waals surface area (Å²) in [5, 5.41) is 2.14. The minimum Gasteiger partial charge on any atom is -0.497 e. The molecule has 0 N–H and O–H groups in total. The van der Waals surface area contributed by atoms with E-state index in [-0.39, 0.29) is 0 Å². The number of pyridine rings is 1. The number of hydrogen-bond acceptors (Lipinski definition) is 5. The molecule has 6 heteroatoms. The Morgan fingerprint density at radius 1 is 1.15 bits per heavy atom. The van der Waals surface area contributed by atoms with Gasteiger partial charge in [-0.25, -0.2) is 4.99 Å². The molecule has 0 saturated heterocycles. The van der Waals surface area contributed by atoms with Crippen LogP contribution in [-0.4, -0.2) is 23.8 Å². The van der Waals surface area contributed by atoms with Crippen LogP contribution in [0.5, 0.6) is 11.5 Å². The lowest BCUT2D eigenvalue weighted by Gasteiger charge is -2.20. The lowest BCUT2D eigenvalue weighted by molar-refractivity contribution is 0.403. The van der Waals surface area contributed by atoms with Crippen molar-refractivity contribution in [1.29, 1.82) is 0 Å². The fourth-order valence-electron chi connectivity index (χ4n) is 3.15. The molecule has 142 valence electrons. The van der Waals surface area contributed by atoms with Gasteiger partial charge in [0.15, 0.2) is 4.80 Å². The molecule has 5 nitrogen and oxygen atoms in total. The Labute approximate surface area is 164 Å². The van der Waals surface area contributed by atoms with E-state index in [4.69, 9.17) is 14.5 Å². The zero-order valence-electron chi connectivity index (χ0n) is 16.2. The molecule has 3 aromatic rings. The number of nitrogens with zero attached hydrogens (tertiary/aromatic N) is 3. The SMILES string of the molecule is CCC(CC)n1c(-c2cc(OC)ccc2OC)csc1=Nc1cccnc1. The second-order valence-corrected chi connectivity index (χ2v) is 6.97. The zero-order valence-corrected chi connectivity index (χ0v) is 17.0. The molecule has 0 atom stereocenters. The van der Waals surface area contributed by atoms with Crippen LogP contribution >= 0.6 is 11.3 Å². The van der Waals surface area contributed by atoms with Crippen molar-refractivity contribution in [2.24, 2.45) is 4.99 Å². The van der Waals surface area contributed by atoms with Crippen LogP contribution in [0.1, 0.15) is 32.7 Å². The van der Waals surface area contributed by atoms with Crippen molar-refractivity contribution in [1.82, 2.24) is 9.55 Å². The van der Waals surface area contributed by atoms with Crippen LogP contribution in [0.25, 0.3) is 11.3 Å². The zero-order chi connectivity index (χ0) is 19.2. The molecule has 3 rings (SSSR count). The quantitative estimate of drug-likeness (QED) is 0.562. The Morgan fingerprint density at radius 2 is 1.96 bits per heavy atom. The average molecular weight is 384 g/mol. The van der Waals surface area contributed by atoms with E-state index in [1.165, 1.54) is 0 Å². The van der Waals surface area contributed by atoms with Crippen molar-refractivity contribution in [3.8, 4) is 22.8 Å². The van der Waals surface area contributed by atoms with Gasteiger partial charge in [-0.2, -0.15) is 0 Å². The molecule has 0 radical (unpaired) electrons. The molecule has 0 spiro atoms. The second kappa shape index (κ2) is 8.86. The van der Waals surface area contributed by atoms with Crippen LogP contribution in [0.4, 0.5) is 5.69 Å². The fourth-order valence-corrected chi connectivity index (χ4v) is 4.13. The lowest BCUT2D eigenvalue weighted by Crippen LogP contribution is -2.21. The Bertz CT molecular complexity index is 944. The maximum Gasteiger partial charge on any atom is 0.190 e. The number of benzene rings is 1. The number of methoxy groups -OCH3 is 2. The summed E-state index contributed by atoms with van der Waals surface area (Å²) in [6.45, 7) is 4.42. The maximum absolute atomic E-state index is 5.62. The predicted molar refractivity (Wildman–Crippen MR) is 110 cm³/mol. The minimum absolute atomic E-state index is 0.345. The Morgan fingerprint density at radius 3 is 2.59 bits per heavy atom. The van der Waals surface area contributed by atoms with E-state index in [9.17, 15) is 0 Å². The highest BCUT2D eigenvalue weighted by Gasteiger charge is 2.18. The first-order valence-corrected chi connectivity index (χ1v) is 9.96. The summed E-state index contributed by atoms with van der Waals surface area (Å²) >= 11 is 1.63. The van der Waals surface area contributed by atoms with Crippen LogP contribution < -0.4 is 14.3 Å². The topological polar surface area (TPSA) is 48.6 Å². The lowest BCUT2D eigenvalue weighted by atomic mass is 10.1. The van der Waals surface area contributed by atoms with Crippen molar-refractivity contribution >= 4 is 17.0 Å². The molecule has 0 unspecified atom stereocenters. The largest absolute Gasteiger partial charge is 0.497 e. The summed E-state index contributed by atoms with van der Waals surface area (Å²) in [7, 11) is 3.37. The van der Waals surface area contributed by atoms with Gasteiger partial charge in [-0.1, -0.05) is 13.8 Å². The maximum atomic E-state index is 5.62. The molecule has 27 heavy (non-hydrogen) atoms. The number of rotatable bonds is 7. The van der Waals surface area contributed by atoms with Crippen LogP contribution in [-0.2, 0) is 0 Å². The van der Waals surface area contributed by atoms with Crippen LogP contribution in [0.15, 0.2) is 53.1 Å². The van der Waals surface area contributed by atoms with E-state index >= 15 is 0 Å². The number of ether oxygens (including phenoxy) is 2. The van der Waals surface area contributed by atoms with Gasteiger partial charge in [-0.15, -0.1) is 11.3 Å². The van der Waals surface area contributed by atoms with Gasteiger partial charge in [0.1, 0.15) is 11.5 Å². The van der Waals surface area contributed by atoms with Gasteiger partial charge in [0.05, 0.1) is 31.8 Å². The minimum atomic E-state index is 0.345. The third-order valence-electron chi connectivity index (χ3n) is 4.60. The molecular weight excluding hydrogens is 358 g/mol. The smallest absolute Gasteiger partial charge is 0.190 e. The van der Waals surface area contributed by atoms with E-state index in [1.807, 2.05) is 30.3 Å². The first-order valence-electron chi connectivity index (χ1n) is 9.09. The van der Waals surface area contributed by atoms with E-state index < -0.39 is 0 Å². The highest BCUT2D eigenvalue weighted by molar-refractivity contribution is 7.07. The second-order valence-electron chi connectivity index (χ2n) is 6.13. The summed E-state index contributed by atoms with van der Waals surface area (Å²) in [6, 6.07) is 10.1. The average Bonchev–Trinajstić information content (AvgIpc) is 3.12. The van der Waals surface area contributed by atoms with Gasteiger partial charge < -0.3 is 14.0 Å². The van der Waals surface area contributed by atoms with Crippen molar-refractivity contribution in [3.63, 3.8) is 0 Å². The number of thiazole rings is 1. The van der Waals surface area contributed by atoms with Crippen LogP contribution in [0.3, 0.4) is 0 Å². The third kappa shape index (κ3) is 4.06. The first-order chi connectivity index (χ1) is 13.2. The number of aromatic nitrogens is 2. The van der Waals surface area contributed by atoms with Crippen molar-refractivity contribution in [3.05, 3.63) is 52.9 Å². The van der Waals surface area contributed by atoms with Crippen molar-refractivity contribution in [2.75, 3.05) is 14.2 Å². The van der Waals surface area contributed by atoms with Crippen LogP contribution in [0, 0.1) is 0 Å². The van der Waals surface area contributed by atoms with Gasteiger partial charge in [-0.3, -0.25) is 4.98 Å². The monoisotopic (exact) mass is 383 g/mol. The molecule has 0 fully saturated rings. The van der Waals surface area contributed by atoms with E-state index in [1.54, 1.807) is 38.0 Å². The Hall–Kier alpha value is -2.60. The van der Waals surface area contributed by atoms with Gasteiger partial charge in [0.2, 0.25) is 0 Å². The summed E-state index contributed by atoms with van der Waals surface area (Å²) in [5.41, 5.74) is 2.95. The van der Waals surface area contributed by atoms with Gasteiger partial charge in [0.25, 0.3) is 0 Å².